The van der Waals surface area contributed by atoms with E-state index in [0.29, 0.717) is 5.56 Å². The molecule has 0 fully saturated rings. The van der Waals surface area contributed by atoms with E-state index < -0.39 is 0 Å². The van der Waals surface area contributed by atoms with Crippen LogP contribution in [0.1, 0.15) is 6.85 Å². The maximum atomic E-state index is 8.76. The fourth-order valence-corrected chi connectivity index (χ4v) is 6.91. The summed E-state index contributed by atoms with van der Waals surface area (Å²) in [5, 5.41) is 6.17. The Kier molecular flexibility index (Phi) is 4.06. The second-order valence-corrected chi connectivity index (χ2v) is 10.8. The lowest BCUT2D eigenvalue weighted by Gasteiger charge is -2.18. The SMILES string of the molecule is [2H]c1c([2H])c([2H])c(-c2c3ccccc3c(-c3ccc(-c4ccc5sc6ccccc6c5c4)cc3)c3ccccc23)c([2H])c1[2H]. The van der Waals surface area contributed by atoms with E-state index in [1.54, 1.807) is 0 Å². The van der Waals surface area contributed by atoms with E-state index in [1.807, 2.05) is 47.7 Å². The van der Waals surface area contributed by atoms with Gasteiger partial charge in [-0.15, -0.1) is 11.3 Å². The fourth-order valence-electron chi connectivity index (χ4n) is 5.82. The third kappa shape index (κ3) is 3.59. The third-order valence-corrected chi connectivity index (χ3v) is 8.72. The molecule has 8 rings (SSSR count). The molecule has 1 heteroatoms. The normalized spacial score (nSPS) is 13.4. The molecule has 8 aromatic rings. The van der Waals surface area contributed by atoms with Crippen molar-refractivity contribution in [3.05, 3.63) is 145 Å². The molecule has 7 aromatic carbocycles. The van der Waals surface area contributed by atoms with E-state index in [1.165, 1.54) is 25.7 Å². The van der Waals surface area contributed by atoms with Gasteiger partial charge >= 0.3 is 0 Å². The number of thiophene rings is 1. The van der Waals surface area contributed by atoms with Crippen LogP contribution in [0.25, 0.3) is 75.1 Å². The zero-order valence-electron chi connectivity index (χ0n) is 25.9. The highest BCUT2D eigenvalue weighted by molar-refractivity contribution is 7.25. The van der Waals surface area contributed by atoms with Crippen molar-refractivity contribution in [3.63, 3.8) is 0 Å². The molecular weight excluding hydrogens is 488 g/mol. The quantitative estimate of drug-likeness (QED) is 0.204. The molecule has 0 aliphatic carbocycles. The van der Waals surface area contributed by atoms with Gasteiger partial charge in [0, 0.05) is 20.2 Å². The predicted octanol–water partition coefficient (Wildman–Crippen LogP) is 11.4. The number of hydrogen-bond acceptors (Lipinski definition) is 1. The molecule has 0 saturated heterocycles. The Bertz CT molecular complexity index is 2350. The van der Waals surface area contributed by atoms with Crippen molar-refractivity contribution in [2.45, 2.75) is 0 Å². The maximum absolute atomic E-state index is 8.76. The second kappa shape index (κ2) is 8.94. The van der Waals surface area contributed by atoms with Crippen molar-refractivity contribution in [2.75, 3.05) is 0 Å². The molecule has 0 radical (unpaired) electrons. The van der Waals surface area contributed by atoms with Gasteiger partial charge in [-0.3, -0.25) is 0 Å². The molecule has 0 aliphatic heterocycles. The molecule has 0 atom stereocenters. The standard InChI is InChI=1S/C38H24S/c1-2-10-26(11-3-1)37-30-13-4-6-15-32(30)38(33-16-7-5-14-31(33)37)27-20-18-25(19-21-27)28-22-23-36-34(24-28)29-12-8-9-17-35(29)39-36/h1-24H/i1D,2D,3D,10D,11D. The summed E-state index contributed by atoms with van der Waals surface area (Å²) in [5.74, 6) is 0. The zero-order chi connectivity index (χ0) is 30.1. The summed E-state index contributed by atoms with van der Waals surface area (Å²) in [6, 6.07) is 38.3. The first kappa shape index (κ1) is 17.7. The lowest BCUT2D eigenvalue weighted by Crippen LogP contribution is -1.90. The van der Waals surface area contributed by atoms with Gasteiger partial charge in [0.05, 0.1) is 6.85 Å². The lowest BCUT2D eigenvalue weighted by atomic mass is 9.86. The predicted molar refractivity (Wildman–Crippen MR) is 171 cm³/mol. The van der Waals surface area contributed by atoms with Crippen molar-refractivity contribution < 1.29 is 6.85 Å². The van der Waals surface area contributed by atoms with Crippen LogP contribution in [0, 0.1) is 0 Å². The molecule has 0 bridgehead atoms. The number of hydrogen-bond donors (Lipinski definition) is 0. The molecule has 0 spiro atoms. The Morgan fingerprint density at radius 1 is 0.385 bits per heavy atom. The Morgan fingerprint density at radius 3 is 1.51 bits per heavy atom. The molecule has 0 N–H and O–H groups in total. The molecule has 0 saturated carbocycles. The van der Waals surface area contributed by atoms with Crippen LogP contribution < -0.4 is 0 Å². The smallest absolute Gasteiger partial charge is 0.0629 e. The first-order valence-corrected chi connectivity index (χ1v) is 13.8. The van der Waals surface area contributed by atoms with E-state index in [0.717, 1.165) is 38.2 Å². The highest BCUT2D eigenvalue weighted by Crippen LogP contribution is 2.44. The summed E-state index contributed by atoms with van der Waals surface area (Å²) in [4.78, 5) is 0. The maximum Gasteiger partial charge on any atom is 0.0629 e. The average molecular weight is 518 g/mol. The summed E-state index contributed by atoms with van der Waals surface area (Å²) < 4.78 is 44.9. The molecule has 0 aliphatic rings. The van der Waals surface area contributed by atoms with Crippen LogP contribution in [-0.4, -0.2) is 0 Å². The van der Waals surface area contributed by atoms with Gasteiger partial charge in [-0.2, -0.15) is 0 Å². The summed E-state index contributed by atoms with van der Waals surface area (Å²) in [7, 11) is 0. The first-order chi connectivity index (χ1) is 21.4. The van der Waals surface area contributed by atoms with E-state index in [2.05, 4.69) is 78.9 Å². The van der Waals surface area contributed by atoms with Crippen LogP contribution in [0.5, 0.6) is 0 Å². The van der Waals surface area contributed by atoms with Crippen LogP contribution in [0.2, 0.25) is 0 Å². The molecule has 39 heavy (non-hydrogen) atoms. The van der Waals surface area contributed by atoms with Crippen LogP contribution in [0.4, 0.5) is 0 Å². The highest BCUT2D eigenvalue weighted by Gasteiger charge is 2.16. The van der Waals surface area contributed by atoms with Gasteiger partial charge in [0.25, 0.3) is 0 Å². The van der Waals surface area contributed by atoms with E-state index in [-0.39, 0.29) is 35.8 Å². The number of benzene rings is 7. The van der Waals surface area contributed by atoms with Gasteiger partial charge in [0.2, 0.25) is 0 Å². The Balaban J connectivity index is 1.34. The van der Waals surface area contributed by atoms with E-state index in [4.69, 9.17) is 6.85 Å². The van der Waals surface area contributed by atoms with Crippen molar-refractivity contribution in [1.82, 2.24) is 0 Å². The van der Waals surface area contributed by atoms with Crippen molar-refractivity contribution in [2.24, 2.45) is 0 Å². The fraction of sp³-hybridized carbons (Fsp3) is 0. The van der Waals surface area contributed by atoms with Gasteiger partial charge in [-0.1, -0.05) is 127 Å². The number of fused-ring (bicyclic) bond motifs is 5. The Labute approximate surface area is 238 Å². The summed E-state index contributed by atoms with van der Waals surface area (Å²) in [5.41, 5.74) is 5.29. The number of rotatable bonds is 3. The van der Waals surface area contributed by atoms with Crippen LogP contribution >= 0.6 is 11.3 Å². The third-order valence-electron chi connectivity index (χ3n) is 7.57. The molecule has 1 heterocycles. The Morgan fingerprint density at radius 2 is 0.872 bits per heavy atom. The molecular formula is C38H24S. The van der Waals surface area contributed by atoms with Gasteiger partial charge in [0.15, 0.2) is 0 Å². The molecule has 1 aromatic heterocycles. The minimum atomic E-state index is -0.389. The lowest BCUT2D eigenvalue weighted by molar-refractivity contribution is 1.63. The minimum absolute atomic E-state index is 0.196. The van der Waals surface area contributed by atoms with Crippen LogP contribution in [0.3, 0.4) is 0 Å². The van der Waals surface area contributed by atoms with Gasteiger partial charge in [-0.05, 0) is 73.1 Å². The highest BCUT2D eigenvalue weighted by atomic mass is 32.1. The van der Waals surface area contributed by atoms with Crippen molar-refractivity contribution in [1.29, 1.82) is 0 Å². The molecule has 0 amide bonds. The molecule has 0 unspecified atom stereocenters. The van der Waals surface area contributed by atoms with Gasteiger partial charge in [0.1, 0.15) is 0 Å². The summed E-state index contributed by atoms with van der Waals surface area (Å²) >= 11 is 1.82. The first-order valence-electron chi connectivity index (χ1n) is 15.4. The van der Waals surface area contributed by atoms with Crippen molar-refractivity contribution in [3.8, 4) is 33.4 Å². The monoisotopic (exact) mass is 517 g/mol. The van der Waals surface area contributed by atoms with E-state index >= 15 is 0 Å². The summed E-state index contributed by atoms with van der Waals surface area (Å²) in [6.45, 7) is 0. The second-order valence-electron chi connectivity index (χ2n) is 9.73. The average Bonchev–Trinajstić information content (AvgIpc) is 3.44. The topological polar surface area (TPSA) is 0 Å². The Hall–Kier alpha value is -4.72. The van der Waals surface area contributed by atoms with E-state index in [9.17, 15) is 0 Å². The zero-order valence-corrected chi connectivity index (χ0v) is 21.7. The largest absolute Gasteiger partial charge is 0.135 e. The summed E-state index contributed by atoms with van der Waals surface area (Å²) in [6.07, 6.45) is 0. The van der Waals surface area contributed by atoms with Gasteiger partial charge < -0.3 is 0 Å². The van der Waals surface area contributed by atoms with Crippen LogP contribution in [0.15, 0.2) is 145 Å². The minimum Gasteiger partial charge on any atom is -0.135 e. The van der Waals surface area contributed by atoms with Crippen LogP contribution in [-0.2, 0) is 0 Å². The van der Waals surface area contributed by atoms with Gasteiger partial charge in [-0.25, -0.2) is 0 Å². The van der Waals surface area contributed by atoms with Crippen molar-refractivity contribution >= 4 is 53.1 Å². The molecule has 182 valence electrons. The molecule has 0 nitrogen and oxygen atoms in total.